The molecular formula is C18H19ClN4. The van der Waals surface area contributed by atoms with Gasteiger partial charge in [0.05, 0.1) is 11.4 Å². The maximum atomic E-state index is 4.84. The fraction of sp³-hybridized carbons (Fsp3) is 0.222. The van der Waals surface area contributed by atoms with Crippen molar-refractivity contribution in [2.75, 3.05) is 18.0 Å². The summed E-state index contributed by atoms with van der Waals surface area (Å²) in [6, 6.07) is 12.4. The molecule has 0 saturated heterocycles. The summed E-state index contributed by atoms with van der Waals surface area (Å²) < 4.78 is 0. The minimum Gasteiger partial charge on any atom is -0.351 e. The molecule has 0 aliphatic carbocycles. The van der Waals surface area contributed by atoms with E-state index >= 15 is 0 Å². The number of nitrogens with zero attached hydrogens (tertiary/aromatic N) is 3. The number of fused-ring (bicyclic) bond motifs is 1. The van der Waals surface area contributed by atoms with Crippen molar-refractivity contribution in [3.05, 3.63) is 54.4 Å². The van der Waals surface area contributed by atoms with E-state index in [9.17, 15) is 0 Å². The molecule has 5 heteroatoms. The van der Waals surface area contributed by atoms with Crippen LogP contribution in [0.15, 0.2) is 48.6 Å². The second-order valence-electron chi connectivity index (χ2n) is 5.62. The molecule has 118 valence electrons. The zero-order chi connectivity index (χ0) is 14.9. The standard InChI is InChI=1S/C18H18N4.ClH/c1-13-19-16-12-15(14-8-4-2-5-9-14)21-17(16)18(20-13)22-10-6-3-7-11-22;/h2-6,8-9,12H,7,10-11H2,1H3,(H,19,20);1H. The number of aromatic nitrogens is 3. The van der Waals surface area contributed by atoms with Crippen molar-refractivity contribution >= 4 is 18.2 Å². The van der Waals surface area contributed by atoms with Gasteiger partial charge in [0.15, 0.2) is 5.82 Å². The molecule has 1 N–H and O–H groups in total. The molecule has 1 aromatic carbocycles. The molecule has 0 bridgehead atoms. The van der Waals surface area contributed by atoms with Crippen LogP contribution in [0.5, 0.6) is 0 Å². The van der Waals surface area contributed by atoms with E-state index in [-0.39, 0.29) is 12.4 Å². The summed E-state index contributed by atoms with van der Waals surface area (Å²) >= 11 is 0. The highest BCUT2D eigenvalue weighted by atomic mass is 35.5. The Morgan fingerprint density at radius 1 is 1.09 bits per heavy atom. The highest BCUT2D eigenvalue weighted by Crippen LogP contribution is 2.33. The fourth-order valence-electron chi connectivity index (χ4n) is 2.93. The van der Waals surface area contributed by atoms with Gasteiger partial charge in [-0.1, -0.05) is 42.5 Å². The summed E-state index contributed by atoms with van der Waals surface area (Å²) in [6.07, 6.45) is 5.49. The lowest BCUT2D eigenvalue weighted by Crippen LogP contribution is -2.28. The predicted octanol–water partition coefficient (Wildman–Crippen LogP) is 4.07. The molecule has 0 radical (unpaired) electrons. The van der Waals surface area contributed by atoms with Gasteiger partial charge >= 0.3 is 0 Å². The van der Waals surface area contributed by atoms with Crippen molar-refractivity contribution in [1.29, 1.82) is 0 Å². The van der Waals surface area contributed by atoms with Gasteiger partial charge in [0.2, 0.25) is 0 Å². The minimum absolute atomic E-state index is 0. The number of benzene rings is 1. The highest BCUT2D eigenvalue weighted by Gasteiger charge is 2.21. The van der Waals surface area contributed by atoms with E-state index in [1.54, 1.807) is 0 Å². The zero-order valence-electron chi connectivity index (χ0n) is 13.0. The topological polar surface area (TPSA) is 44.8 Å². The van der Waals surface area contributed by atoms with Crippen LogP contribution in [0.3, 0.4) is 0 Å². The van der Waals surface area contributed by atoms with Crippen molar-refractivity contribution in [3.63, 3.8) is 0 Å². The Morgan fingerprint density at radius 2 is 1.91 bits per heavy atom. The summed E-state index contributed by atoms with van der Waals surface area (Å²) in [7, 11) is 0. The van der Waals surface area contributed by atoms with Crippen molar-refractivity contribution in [1.82, 2.24) is 15.0 Å². The first kappa shape index (κ1) is 15.6. The van der Waals surface area contributed by atoms with Gasteiger partial charge < -0.3 is 9.88 Å². The molecule has 3 aliphatic heterocycles. The lowest BCUT2D eigenvalue weighted by molar-refractivity contribution is 0.797. The Kier molecular flexibility index (Phi) is 4.35. The van der Waals surface area contributed by atoms with E-state index < -0.39 is 0 Å². The van der Waals surface area contributed by atoms with Crippen molar-refractivity contribution in [2.45, 2.75) is 13.3 Å². The summed E-state index contributed by atoms with van der Waals surface area (Å²) in [5, 5.41) is 0. The first-order chi connectivity index (χ1) is 10.8. The van der Waals surface area contributed by atoms with Crippen LogP contribution in [-0.2, 0) is 0 Å². The van der Waals surface area contributed by atoms with Gasteiger partial charge in [-0.2, -0.15) is 0 Å². The highest BCUT2D eigenvalue weighted by molar-refractivity contribution is 5.85. The fourth-order valence-corrected chi connectivity index (χ4v) is 2.93. The maximum Gasteiger partial charge on any atom is 0.159 e. The van der Waals surface area contributed by atoms with Crippen LogP contribution in [0.2, 0.25) is 0 Å². The molecule has 0 spiro atoms. The van der Waals surface area contributed by atoms with Gasteiger partial charge in [-0.15, -0.1) is 12.4 Å². The SMILES string of the molecule is Cc1nc(N2CC=CCC2)c2nc(-c3ccccc3)cc-2[nH]1.Cl. The lowest BCUT2D eigenvalue weighted by atomic mass is 10.1. The molecule has 0 unspecified atom stereocenters. The third kappa shape index (κ3) is 2.94. The molecule has 0 amide bonds. The molecule has 4 rings (SSSR count). The number of hydrogen-bond donors (Lipinski definition) is 1. The monoisotopic (exact) mass is 326 g/mol. The van der Waals surface area contributed by atoms with E-state index in [0.29, 0.717) is 0 Å². The molecule has 23 heavy (non-hydrogen) atoms. The van der Waals surface area contributed by atoms with Crippen LogP contribution in [0, 0.1) is 6.92 Å². The largest absolute Gasteiger partial charge is 0.351 e. The number of aromatic amines is 1. The van der Waals surface area contributed by atoms with Gasteiger partial charge in [-0.3, -0.25) is 0 Å². The number of rotatable bonds is 2. The Hall–Kier alpha value is -2.33. The molecule has 3 heterocycles. The Balaban J connectivity index is 0.00000156. The van der Waals surface area contributed by atoms with Crippen LogP contribution < -0.4 is 4.90 Å². The zero-order valence-corrected chi connectivity index (χ0v) is 13.8. The summed E-state index contributed by atoms with van der Waals surface area (Å²) in [6.45, 7) is 3.90. The van der Waals surface area contributed by atoms with E-state index in [0.717, 1.165) is 53.8 Å². The lowest BCUT2D eigenvalue weighted by Gasteiger charge is -2.26. The Labute approximate surface area is 142 Å². The average Bonchev–Trinajstić information content (AvgIpc) is 2.99. The van der Waals surface area contributed by atoms with Crippen LogP contribution >= 0.6 is 12.4 Å². The number of halogens is 1. The number of nitrogens with one attached hydrogen (secondary N) is 1. The Morgan fingerprint density at radius 3 is 2.65 bits per heavy atom. The average molecular weight is 327 g/mol. The minimum atomic E-state index is 0. The molecule has 4 nitrogen and oxygen atoms in total. The number of H-pyrrole nitrogens is 1. The predicted molar refractivity (Wildman–Crippen MR) is 96.4 cm³/mol. The first-order valence-corrected chi connectivity index (χ1v) is 7.64. The van der Waals surface area contributed by atoms with Gasteiger partial charge in [-0.25, -0.2) is 9.97 Å². The third-order valence-corrected chi connectivity index (χ3v) is 4.00. The smallest absolute Gasteiger partial charge is 0.159 e. The first-order valence-electron chi connectivity index (χ1n) is 7.64. The van der Waals surface area contributed by atoms with E-state index in [1.807, 2.05) is 25.1 Å². The summed E-state index contributed by atoms with van der Waals surface area (Å²) in [4.78, 5) is 15.2. The van der Waals surface area contributed by atoms with Gasteiger partial charge in [0.25, 0.3) is 0 Å². The normalized spacial score (nSPS) is 14.0. The number of anilines is 1. The van der Waals surface area contributed by atoms with E-state index in [1.165, 1.54) is 0 Å². The van der Waals surface area contributed by atoms with E-state index in [2.05, 4.69) is 40.2 Å². The third-order valence-electron chi connectivity index (χ3n) is 4.00. The second kappa shape index (κ2) is 6.42. The van der Waals surface area contributed by atoms with Crippen molar-refractivity contribution < 1.29 is 0 Å². The van der Waals surface area contributed by atoms with Crippen LogP contribution in [0.1, 0.15) is 12.2 Å². The molecule has 1 aromatic rings. The van der Waals surface area contributed by atoms with Crippen LogP contribution in [-0.4, -0.2) is 28.0 Å². The maximum absolute atomic E-state index is 4.84. The Bertz CT molecular complexity index is 794. The van der Waals surface area contributed by atoms with Gasteiger partial charge in [-0.05, 0) is 19.4 Å². The molecule has 0 fully saturated rings. The van der Waals surface area contributed by atoms with Crippen molar-refractivity contribution in [2.24, 2.45) is 0 Å². The van der Waals surface area contributed by atoms with Gasteiger partial charge in [0, 0.05) is 18.7 Å². The quantitative estimate of drug-likeness (QED) is 0.722. The number of hydrogen-bond acceptors (Lipinski definition) is 3. The van der Waals surface area contributed by atoms with Gasteiger partial charge in [0.1, 0.15) is 11.5 Å². The molecule has 0 saturated carbocycles. The molecule has 0 aromatic heterocycles. The molecule has 0 atom stereocenters. The molecule has 3 aliphatic rings. The van der Waals surface area contributed by atoms with E-state index in [4.69, 9.17) is 9.97 Å². The molecular weight excluding hydrogens is 308 g/mol. The second-order valence-corrected chi connectivity index (χ2v) is 5.62. The summed E-state index contributed by atoms with van der Waals surface area (Å²) in [5.41, 5.74) is 4.14. The van der Waals surface area contributed by atoms with Crippen molar-refractivity contribution in [3.8, 4) is 22.6 Å². The van der Waals surface area contributed by atoms with Crippen LogP contribution in [0.25, 0.3) is 22.6 Å². The van der Waals surface area contributed by atoms with Crippen LogP contribution in [0.4, 0.5) is 5.82 Å². The number of aryl methyl sites for hydroxylation is 1. The summed E-state index contributed by atoms with van der Waals surface area (Å²) in [5.74, 6) is 1.90.